The highest BCUT2D eigenvalue weighted by Crippen LogP contribution is 2.04. The molecule has 0 aliphatic carbocycles. The fourth-order valence-corrected chi connectivity index (χ4v) is 1.55. The monoisotopic (exact) mass is 309 g/mol. The Labute approximate surface area is 129 Å². The number of aliphatic carboxylic acids is 2. The summed E-state index contributed by atoms with van der Waals surface area (Å²) in [6.07, 6.45) is 3.28. The van der Waals surface area contributed by atoms with Crippen LogP contribution in [0.15, 0.2) is 24.3 Å². The van der Waals surface area contributed by atoms with Crippen LogP contribution in [0.4, 0.5) is 0 Å². The largest absolute Gasteiger partial charge is 0.481 e. The van der Waals surface area contributed by atoms with Crippen molar-refractivity contribution in [2.24, 2.45) is 0 Å². The van der Waals surface area contributed by atoms with Gasteiger partial charge in [0, 0.05) is 12.8 Å². The minimum Gasteiger partial charge on any atom is -0.481 e. The molecule has 6 heteroatoms. The third-order valence-corrected chi connectivity index (χ3v) is 2.67. The molecule has 1 aromatic rings. The molecular formula is C16H21O6. The van der Waals surface area contributed by atoms with Gasteiger partial charge < -0.3 is 14.9 Å². The summed E-state index contributed by atoms with van der Waals surface area (Å²) in [4.78, 5) is 30.9. The molecule has 0 bridgehead atoms. The van der Waals surface area contributed by atoms with E-state index in [9.17, 15) is 14.4 Å². The van der Waals surface area contributed by atoms with E-state index in [0.717, 1.165) is 12.8 Å². The van der Waals surface area contributed by atoms with Gasteiger partial charge in [0.15, 0.2) is 0 Å². The highest BCUT2D eigenvalue weighted by atomic mass is 16.5. The number of carbonyl (C=O) groups is 3. The normalized spacial score (nSPS) is 9.32. The second-order valence-corrected chi connectivity index (χ2v) is 4.48. The topological polar surface area (TPSA) is 101 Å². The van der Waals surface area contributed by atoms with Crippen molar-refractivity contribution in [1.82, 2.24) is 0 Å². The first-order valence-electron chi connectivity index (χ1n) is 6.95. The van der Waals surface area contributed by atoms with E-state index < -0.39 is 11.9 Å². The molecule has 0 aliphatic rings. The standard InChI is InChI=1S/C8H14O4.C8H7O2/c9-7(10)5-3-1-2-4-6-8(11)12;1-10-8(9)7-5-3-2-4-6-7/h1-6H2,(H,9,10)(H,11,12);3-6H,1H3. The summed E-state index contributed by atoms with van der Waals surface area (Å²) < 4.78 is 4.48. The SMILES string of the molecule is COC(=O)c1cc[c]cc1.O=C(O)CCCCCCC(=O)O. The van der Waals surface area contributed by atoms with Gasteiger partial charge in [-0.25, -0.2) is 4.79 Å². The lowest BCUT2D eigenvalue weighted by Crippen LogP contribution is -1.99. The number of benzene rings is 1. The zero-order valence-corrected chi connectivity index (χ0v) is 12.6. The Morgan fingerprint density at radius 2 is 1.41 bits per heavy atom. The third-order valence-electron chi connectivity index (χ3n) is 2.67. The predicted octanol–water partition coefficient (Wildman–Crippen LogP) is 2.77. The quantitative estimate of drug-likeness (QED) is 0.565. The maximum absolute atomic E-state index is 10.8. The van der Waals surface area contributed by atoms with E-state index in [0.29, 0.717) is 18.4 Å². The fraction of sp³-hybridized carbons (Fsp3) is 0.438. The van der Waals surface area contributed by atoms with Crippen molar-refractivity contribution >= 4 is 17.9 Å². The number of hydrogen-bond acceptors (Lipinski definition) is 4. The van der Waals surface area contributed by atoms with E-state index in [4.69, 9.17) is 10.2 Å². The number of ether oxygens (including phenoxy) is 1. The van der Waals surface area contributed by atoms with Gasteiger partial charge in [-0.3, -0.25) is 9.59 Å². The zero-order chi connectivity index (χ0) is 16.8. The van der Waals surface area contributed by atoms with Crippen molar-refractivity contribution in [3.63, 3.8) is 0 Å². The number of esters is 1. The minimum absolute atomic E-state index is 0.188. The number of carboxylic acid groups (broad SMARTS) is 2. The maximum atomic E-state index is 10.8. The van der Waals surface area contributed by atoms with Crippen molar-refractivity contribution < 1.29 is 29.3 Å². The minimum atomic E-state index is -0.784. The third kappa shape index (κ3) is 11.5. The van der Waals surface area contributed by atoms with Crippen LogP contribution in [0.25, 0.3) is 0 Å². The van der Waals surface area contributed by atoms with E-state index in [2.05, 4.69) is 10.8 Å². The molecule has 121 valence electrons. The number of methoxy groups -OCH3 is 1. The van der Waals surface area contributed by atoms with E-state index in [1.807, 2.05) is 0 Å². The van der Waals surface area contributed by atoms with Crippen LogP contribution in [0.3, 0.4) is 0 Å². The van der Waals surface area contributed by atoms with Crippen molar-refractivity contribution in [3.05, 3.63) is 35.9 Å². The second-order valence-electron chi connectivity index (χ2n) is 4.48. The van der Waals surface area contributed by atoms with Crippen LogP contribution in [0, 0.1) is 6.07 Å². The van der Waals surface area contributed by atoms with Gasteiger partial charge in [0.25, 0.3) is 0 Å². The van der Waals surface area contributed by atoms with Crippen LogP contribution in [0.5, 0.6) is 0 Å². The van der Waals surface area contributed by atoms with Gasteiger partial charge in [0.1, 0.15) is 0 Å². The Hall–Kier alpha value is -2.37. The molecule has 0 unspecified atom stereocenters. The molecule has 1 radical (unpaired) electrons. The summed E-state index contributed by atoms with van der Waals surface area (Å²) >= 11 is 0. The Morgan fingerprint density at radius 3 is 1.77 bits per heavy atom. The van der Waals surface area contributed by atoms with E-state index >= 15 is 0 Å². The van der Waals surface area contributed by atoms with Crippen molar-refractivity contribution in [2.45, 2.75) is 38.5 Å². The first-order chi connectivity index (χ1) is 10.5. The summed E-state index contributed by atoms with van der Waals surface area (Å²) in [6.45, 7) is 0. The van der Waals surface area contributed by atoms with Crippen LogP contribution in [-0.4, -0.2) is 35.2 Å². The summed E-state index contributed by atoms with van der Waals surface area (Å²) in [5.41, 5.74) is 0.557. The Morgan fingerprint density at radius 1 is 0.955 bits per heavy atom. The maximum Gasteiger partial charge on any atom is 0.337 e. The van der Waals surface area contributed by atoms with Crippen molar-refractivity contribution in [2.75, 3.05) is 7.11 Å². The van der Waals surface area contributed by atoms with Crippen LogP contribution < -0.4 is 0 Å². The summed E-state index contributed by atoms with van der Waals surface area (Å²) in [6, 6.07) is 9.47. The molecule has 0 fully saturated rings. The van der Waals surface area contributed by atoms with E-state index in [1.165, 1.54) is 7.11 Å². The van der Waals surface area contributed by atoms with Gasteiger partial charge in [-0.05, 0) is 31.0 Å². The van der Waals surface area contributed by atoms with Gasteiger partial charge in [0.05, 0.1) is 12.7 Å². The second kappa shape index (κ2) is 12.4. The van der Waals surface area contributed by atoms with Gasteiger partial charge in [0.2, 0.25) is 0 Å². The molecule has 0 saturated carbocycles. The number of carbonyl (C=O) groups excluding carboxylic acids is 1. The number of hydrogen-bond donors (Lipinski definition) is 2. The predicted molar refractivity (Wildman–Crippen MR) is 79.6 cm³/mol. The molecule has 1 aromatic carbocycles. The number of rotatable bonds is 8. The van der Waals surface area contributed by atoms with Gasteiger partial charge >= 0.3 is 17.9 Å². The average Bonchev–Trinajstić information content (AvgIpc) is 2.51. The molecule has 0 heterocycles. The molecule has 0 atom stereocenters. The molecule has 2 N–H and O–H groups in total. The molecule has 6 nitrogen and oxygen atoms in total. The lowest BCUT2D eigenvalue weighted by Gasteiger charge is -1.96. The summed E-state index contributed by atoms with van der Waals surface area (Å²) in [5, 5.41) is 16.5. The molecule has 0 aromatic heterocycles. The smallest absolute Gasteiger partial charge is 0.337 e. The van der Waals surface area contributed by atoms with Crippen molar-refractivity contribution in [3.8, 4) is 0 Å². The molecule has 22 heavy (non-hydrogen) atoms. The van der Waals surface area contributed by atoms with Gasteiger partial charge in [-0.15, -0.1) is 0 Å². The summed E-state index contributed by atoms with van der Waals surface area (Å²) in [7, 11) is 1.36. The van der Waals surface area contributed by atoms with Crippen LogP contribution in [-0.2, 0) is 14.3 Å². The lowest BCUT2D eigenvalue weighted by atomic mass is 10.1. The van der Waals surface area contributed by atoms with Crippen LogP contribution in [0.1, 0.15) is 48.9 Å². The van der Waals surface area contributed by atoms with E-state index in [-0.39, 0.29) is 18.8 Å². The average molecular weight is 309 g/mol. The first-order valence-corrected chi connectivity index (χ1v) is 6.95. The zero-order valence-electron chi connectivity index (χ0n) is 12.6. The van der Waals surface area contributed by atoms with Gasteiger partial charge in [-0.2, -0.15) is 0 Å². The highest BCUT2D eigenvalue weighted by Gasteiger charge is 2.00. The lowest BCUT2D eigenvalue weighted by molar-refractivity contribution is -0.138. The highest BCUT2D eigenvalue weighted by molar-refractivity contribution is 5.89. The molecule has 0 amide bonds. The molecule has 0 saturated heterocycles. The summed E-state index contributed by atoms with van der Waals surface area (Å²) in [5.74, 6) is -1.88. The molecule has 0 spiro atoms. The number of carboxylic acids is 2. The Kier molecular flexibility index (Phi) is 11.0. The van der Waals surface area contributed by atoms with Crippen LogP contribution in [0.2, 0.25) is 0 Å². The van der Waals surface area contributed by atoms with Crippen molar-refractivity contribution in [1.29, 1.82) is 0 Å². The Bertz CT molecular complexity index is 437. The van der Waals surface area contributed by atoms with Crippen LogP contribution >= 0.6 is 0 Å². The molecule has 1 rings (SSSR count). The molecular weight excluding hydrogens is 288 g/mol. The van der Waals surface area contributed by atoms with E-state index in [1.54, 1.807) is 24.3 Å². The fourth-order valence-electron chi connectivity index (χ4n) is 1.55. The Balaban J connectivity index is 0.000000406. The number of unbranched alkanes of at least 4 members (excludes halogenated alkanes) is 3. The van der Waals surface area contributed by atoms with Gasteiger partial charge in [-0.1, -0.05) is 25.0 Å². The molecule has 0 aliphatic heterocycles. The first kappa shape index (κ1) is 19.6.